The van der Waals surface area contributed by atoms with E-state index >= 15 is 0 Å². The van der Waals surface area contributed by atoms with Gasteiger partial charge in [-0.3, -0.25) is 4.79 Å². The molecule has 0 spiro atoms. The van der Waals surface area contributed by atoms with Crippen molar-refractivity contribution in [1.29, 1.82) is 0 Å². The third-order valence-electron chi connectivity index (χ3n) is 5.13. The van der Waals surface area contributed by atoms with E-state index in [1.807, 2.05) is 36.4 Å². The van der Waals surface area contributed by atoms with Crippen molar-refractivity contribution in [2.45, 2.75) is 32.7 Å². The SMILES string of the molecule is CCCCCn1cc(C(=O)c2cccc3ccccc23)c2cccc(I)c21. The molecule has 0 saturated heterocycles. The molecule has 4 rings (SSSR count). The van der Waals surface area contributed by atoms with Gasteiger partial charge in [0.2, 0.25) is 0 Å². The molecule has 0 N–H and O–H groups in total. The highest BCUT2D eigenvalue weighted by atomic mass is 127. The smallest absolute Gasteiger partial charge is 0.195 e. The first-order valence-electron chi connectivity index (χ1n) is 9.50. The van der Waals surface area contributed by atoms with Crippen LogP contribution in [0.5, 0.6) is 0 Å². The molecule has 0 saturated carbocycles. The van der Waals surface area contributed by atoms with E-state index < -0.39 is 0 Å². The lowest BCUT2D eigenvalue weighted by atomic mass is 9.97. The van der Waals surface area contributed by atoms with Crippen molar-refractivity contribution in [3.8, 4) is 0 Å². The number of halogens is 1. The largest absolute Gasteiger partial charge is 0.346 e. The number of para-hydroxylation sites is 1. The van der Waals surface area contributed by atoms with Gasteiger partial charge in [-0.25, -0.2) is 0 Å². The van der Waals surface area contributed by atoms with Gasteiger partial charge in [-0.15, -0.1) is 0 Å². The molecule has 0 aliphatic rings. The summed E-state index contributed by atoms with van der Waals surface area (Å²) in [5.74, 6) is 0.105. The number of fused-ring (bicyclic) bond motifs is 2. The summed E-state index contributed by atoms with van der Waals surface area (Å²) in [6, 6.07) is 20.3. The number of nitrogens with zero attached hydrogens (tertiary/aromatic N) is 1. The fourth-order valence-corrected chi connectivity index (χ4v) is 4.58. The molecular formula is C24H22INO. The Kier molecular flexibility index (Phi) is 5.30. The Morgan fingerprint density at radius 3 is 2.48 bits per heavy atom. The maximum Gasteiger partial charge on any atom is 0.195 e. The second kappa shape index (κ2) is 7.85. The molecule has 0 amide bonds. The summed E-state index contributed by atoms with van der Waals surface area (Å²) >= 11 is 2.38. The molecule has 3 aromatic carbocycles. The van der Waals surface area contributed by atoms with Crippen LogP contribution in [0, 0.1) is 3.57 Å². The highest BCUT2D eigenvalue weighted by Gasteiger charge is 2.19. The molecule has 136 valence electrons. The molecule has 3 heteroatoms. The molecule has 0 fully saturated rings. The van der Waals surface area contributed by atoms with Crippen LogP contribution in [-0.4, -0.2) is 10.4 Å². The molecule has 27 heavy (non-hydrogen) atoms. The average molecular weight is 467 g/mol. The number of rotatable bonds is 6. The predicted molar refractivity (Wildman–Crippen MR) is 122 cm³/mol. The number of unbranched alkanes of at least 4 members (excludes halogenated alkanes) is 2. The number of carbonyl (C=O) groups is 1. The van der Waals surface area contributed by atoms with E-state index in [2.05, 4.69) is 64.5 Å². The average Bonchev–Trinajstić information content (AvgIpc) is 3.07. The Hall–Kier alpha value is -2.14. The Morgan fingerprint density at radius 2 is 1.63 bits per heavy atom. The minimum absolute atomic E-state index is 0.105. The monoisotopic (exact) mass is 467 g/mol. The van der Waals surface area contributed by atoms with Crippen LogP contribution in [0.3, 0.4) is 0 Å². The molecule has 0 unspecified atom stereocenters. The highest BCUT2D eigenvalue weighted by molar-refractivity contribution is 14.1. The quantitative estimate of drug-likeness (QED) is 0.173. The number of ketones is 1. The number of hydrogen-bond donors (Lipinski definition) is 0. The topological polar surface area (TPSA) is 22.0 Å². The molecule has 0 aliphatic heterocycles. The van der Waals surface area contributed by atoms with Gasteiger partial charge in [0.15, 0.2) is 5.78 Å². The van der Waals surface area contributed by atoms with Gasteiger partial charge in [0.1, 0.15) is 0 Å². The van der Waals surface area contributed by atoms with Crippen molar-refractivity contribution >= 4 is 50.0 Å². The van der Waals surface area contributed by atoms with E-state index in [1.54, 1.807) is 0 Å². The van der Waals surface area contributed by atoms with Crippen molar-refractivity contribution in [2.75, 3.05) is 0 Å². The van der Waals surface area contributed by atoms with E-state index in [1.165, 1.54) is 21.9 Å². The van der Waals surface area contributed by atoms with Crippen molar-refractivity contribution in [3.63, 3.8) is 0 Å². The predicted octanol–water partition coefficient (Wildman–Crippen LogP) is 6.82. The van der Waals surface area contributed by atoms with Crippen molar-refractivity contribution in [3.05, 3.63) is 81.6 Å². The summed E-state index contributed by atoms with van der Waals surface area (Å²) in [7, 11) is 0. The summed E-state index contributed by atoms with van der Waals surface area (Å²) in [6.07, 6.45) is 5.59. The van der Waals surface area contributed by atoms with E-state index in [0.29, 0.717) is 0 Å². The van der Waals surface area contributed by atoms with Crippen LogP contribution in [0.4, 0.5) is 0 Å². The molecule has 0 aliphatic carbocycles. The molecule has 2 nitrogen and oxygen atoms in total. The van der Waals surface area contributed by atoms with Crippen LogP contribution >= 0.6 is 22.6 Å². The number of aromatic nitrogens is 1. The fourth-order valence-electron chi connectivity index (χ4n) is 3.77. The summed E-state index contributed by atoms with van der Waals surface area (Å²) in [5.41, 5.74) is 2.76. The van der Waals surface area contributed by atoms with Crippen LogP contribution in [0.25, 0.3) is 21.7 Å². The van der Waals surface area contributed by atoms with E-state index in [9.17, 15) is 4.79 Å². The lowest BCUT2D eigenvalue weighted by molar-refractivity contribution is 0.104. The van der Waals surface area contributed by atoms with Gasteiger partial charge < -0.3 is 4.57 Å². The number of hydrogen-bond acceptors (Lipinski definition) is 1. The Bertz CT molecular complexity index is 1120. The van der Waals surface area contributed by atoms with Gasteiger partial charge in [-0.2, -0.15) is 0 Å². The highest BCUT2D eigenvalue weighted by Crippen LogP contribution is 2.30. The molecule has 4 aromatic rings. The Morgan fingerprint density at radius 1 is 0.889 bits per heavy atom. The number of benzene rings is 3. The van der Waals surface area contributed by atoms with Crippen molar-refractivity contribution in [2.24, 2.45) is 0 Å². The second-order valence-electron chi connectivity index (χ2n) is 6.94. The Balaban J connectivity index is 1.85. The van der Waals surface area contributed by atoms with E-state index in [-0.39, 0.29) is 5.78 Å². The minimum Gasteiger partial charge on any atom is -0.346 e. The molecule has 1 heterocycles. The van der Waals surface area contributed by atoms with Gasteiger partial charge in [0, 0.05) is 32.8 Å². The summed E-state index contributed by atoms with van der Waals surface area (Å²) in [6.45, 7) is 3.17. The maximum absolute atomic E-state index is 13.5. The van der Waals surface area contributed by atoms with Gasteiger partial charge in [0.05, 0.1) is 5.52 Å². The Labute approximate surface area is 173 Å². The lowest BCUT2D eigenvalue weighted by Gasteiger charge is -2.05. The fraction of sp³-hybridized carbons (Fsp3) is 0.208. The van der Waals surface area contributed by atoms with Gasteiger partial charge in [0.25, 0.3) is 0 Å². The van der Waals surface area contributed by atoms with Gasteiger partial charge in [-0.05, 0) is 45.9 Å². The minimum atomic E-state index is 0.105. The first kappa shape index (κ1) is 18.2. The summed E-state index contributed by atoms with van der Waals surface area (Å²) in [4.78, 5) is 13.5. The zero-order valence-electron chi connectivity index (χ0n) is 15.4. The molecule has 0 bridgehead atoms. The molecule has 0 atom stereocenters. The summed E-state index contributed by atoms with van der Waals surface area (Å²) < 4.78 is 3.46. The normalized spacial score (nSPS) is 11.3. The van der Waals surface area contributed by atoms with Crippen molar-refractivity contribution < 1.29 is 4.79 Å². The first-order valence-corrected chi connectivity index (χ1v) is 10.6. The standard InChI is InChI=1S/C24H22INO/c1-2-3-6-15-26-16-21(19-12-8-14-22(25)23(19)26)24(27)20-13-7-10-17-9-4-5-11-18(17)20/h4-5,7-14,16H,2-3,6,15H2,1H3. The number of aryl methyl sites for hydroxylation is 1. The molecule has 0 radical (unpaired) electrons. The van der Waals surface area contributed by atoms with E-state index in [4.69, 9.17) is 0 Å². The van der Waals surface area contributed by atoms with Crippen LogP contribution in [-0.2, 0) is 6.54 Å². The third-order valence-corrected chi connectivity index (χ3v) is 6.00. The maximum atomic E-state index is 13.5. The summed E-state index contributed by atoms with van der Waals surface area (Å²) in [5, 5.41) is 3.17. The number of carbonyl (C=O) groups excluding carboxylic acids is 1. The third kappa shape index (κ3) is 3.41. The van der Waals surface area contributed by atoms with Gasteiger partial charge in [-0.1, -0.05) is 74.4 Å². The van der Waals surface area contributed by atoms with Crippen molar-refractivity contribution in [1.82, 2.24) is 4.57 Å². The zero-order chi connectivity index (χ0) is 18.8. The van der Waals surface area contributed by atoms with Crippen LogP contribution < -0.4 is 0 Å². The second-order valence-corrected chi connectivity index (χ2v) is 8.10. The van der Waals surface area contributed by atoms with Crippen LogP contribution in [0.1, 0.15) is 42.1 Å². The van der Waals surface area contributed by atoms with Crippen LogP contribution in [0.15, 0.2) is 66.9 Å². The lowest BCUT2D eigenvalue weighted by Crippen LogP contribution is -2.02. The van der Waals surface area contributed by atoms with E-state index in [0.717, 1.165) is 40.3 Å². The van der Waals surface area contributed by atoms with Crippen LogP contribution in [0.2, 0.25) is 0 Å². The molecular weight excluding hydrogens is 445 g/mol. The van der Waals surface area contributed by atoms with Gasteiger partial charge >= 0.3 is 0 Å². The first-order chi connectivity index (χ1) is 13.2. The molecule has 1 aromatic heterocycles. The zero-order valence-corrected chi connectivity index (χ0v) is 17.6.